The van der Waals surface area contributed by atoms with Crippen LogP contribution in [0.15, 0.2) is 55.4 Å². The third kappa shape index (κ3) is 5.96. The number of anilines is 1. The Labute approximate surface area is 199 Å². The van der Waals surface area contributed by atoms with Gasteiger partial charge >= 0.3 is 0 Å². The number of amides is 1. The lowest BCUT2D eigenvalue weighted by molar-refractivity contribution is -0.126. The highest BCUT2D eigenvalue weighted by Gasteiger charge is 2.26. The Morgan fingerprint density at radius 3 is 2.94 bits per heavy atom. The fourth-order valence-electron chi connectivity index (χ4n) is 3.97. The number of hydrogen-bond donors (Lipinski definition) is 2. The van der Waals surface area contributed by atoms with Gasteiger partial charge in [-0.25, -0.2) is 9.97 Å². The van der Waals surface area contributed by atoms with Crippen molar-refractivity contribution in [2.24, 2.45) is 0 Å². The first-order valence-corrected chi connectivity index (χ1v) is 12.1. The monoisotopic (exact) mass is 467 g/mol. The Kier molecular flexibility index (Phi) is 8.94. The first-order valence-electron chi connectivity index (χ1n) is 11.3. The predicted octanol–water partition coefficient (Wildman–Crippen LogP) is 3.55. The number of fused-ring (bicyclic) bond motifs is 3. The van der Waals surface area contributed by atoms with E-state index in [1.165, 1.54) is 5.56 Å². The van der Waals surface area contributed by atoms with Gasteiger partial charge in [0.05, 0.1) is 18.5 Å². The largest absolute Gasteiger partial charge is 0.395 e. The zero-order chi connectivity index (χ0) is 23.8. The van der Waals surface area contributed by atoms with Crippen molar-refractivity contribution >= 4 is 33.3 Å². The molecule has 0 bridgehead atoms. The van der Waals surface area contributed by atoms with Gasteiger partial charge in [0.15, 0.2) is 0 Å². The third-order valence-corrected chi connectivity index (χ3v) is 6.96. The molecule has 3 rings (SSSR count). The quantitative estimate of drug-likeness (QED) is 0.389. The number of aromatic nitrogens is 2. The first kappa shape index (κ1) is 24.8. The van der Waals surface area contributed by atoms with Gasteiger partial charge in [-0.05, 0) is 31.0 Å². The zero-order valence-electron chi connectivity index (χ0n) is 19.5. The Balaban J connectivity index is 1.75. The number of carbonyl (C=O) groups is 1. The second kappa shape index (κ2) is 11.9. The summed E-state index contributed by atoms with van der Waals surface area (Å²) in [7, 11) is 0. The van der Waals surface area contributed by atoms with Gasteiger partial charge in [-0.1, -0.05) is 44.4 Å². The van der Waals surface area contributed by atoms with E-state index < -0.39 is 0 Å². The molecule has 2 N–H and O–H groups in total. The predicted molar refractivity (Wildman–Crippen MR) is 136 cm³/mol. The molecule has 1 aliphatic rings. The molecule has 176 valence electrons. The highest BCUT2D eigenvalue weighted by atomic mass is 32.1. The molecular weight excluding hydrogens is 434 g/mol. The van der Waals surface area contributed by atoms with E-state index in [0.29, 0.717) is 26.2 Å². The summed E-state index contributed by atoms with van der Waals surface area (Å²) in [4.78, 5) is 27.8. The molecule has 2 aromatic heterocycles. The number of thiophene rings is 1. The van der Waals surface area contributed by atoms with Crippen molar-refractivity contribution in [3.63, 3.8) is 0 Å². The number of rotatable bonds is 11. The molecule has 0 aliphatic carbocycles. The van der Waals surface area contributed by atoms with Crippen LogP contribution in [0.5, 0.6) is 0 Å². The van der Waals surface area contributed by atoms with E-state index in [-0.39, 0.29) is 18.6 Å². The highest BCUT2D eigenvalue weighted by molar-refractivity contribution is 7.19. The van der Waals surface area contributed by atoms with Crippen molar-refractivity contribution in [2.75, 3.05) is 38.1 Å². The number of nitrogens with one attached hydrogen (secondary N) is 1. The van der Waals surface area contributed by atoms with Gasteiger partial charge in [-0.15, -0.1) is 11.3 Å². The number of nitrogens with zero attached hydrogens (tertiary/aromatic N) is 4. The summed E-state index contributed by atoms with van der Waals surface area (Å²) in [6.45, 7) is 15.2. The fourth-order valence-corrected chi connectivity index (χ4v) is 5.17. The average molecular weight is 468 g/mol. The molecule has 7 nitrogen and oxygen atoms in total. The number of allylic oxidation sites excluding steroid dienone is 2. The smallest absolute Gasteiger partial charge is 0.246 e. The number of aliphatic hydroxyl groups is 1. The summed E-state index contributed by atoms with van der Waals surface area (Å²) >= 11 is 1.63. The minimum atomic E-state index is 0.0152. The molecule has 0 saturated carbocycles. The van der Waals surface area contributed by atoms with E-state index in [2.05, 4.69) is 40.3 Å². The van der Waals surface area contributed by atoms with Crippen LogP contribution < -0.4 is 5.32 Å². The Bertz CT molecular complexity index is 1060. The van der Waals surface area contributed by atoms with Gasteiger partial charge in [0.1, 0.15) is 17.0 Å². The van der Waals surface area contributed by atoms with Crippen LogP contribution in [0.25, 0.3) is 10.2 Å². The standard InChI is InChI=1S/C25H33N5O2S/c1-5-9-19(6-2)18(4)28-24-23-20-11-13-30(16-21(20)33-25(23)27-17-26-24)22(32)10-8-12-29(7-3)14-15-31/h5-6,8-10,17-18,31H,1-2,7,11-16H2,3-4H3,(H,26,27,28). The van der Waals surface area contributed by atoms with Crippen LogP contribution in [-0.4, -0.2) is 69.6 Å². The Hall–Kier alpha value is -2.81. The molecule has 3 heterocycles. The van der Waals surface area contributed by atoms with Gasteiger partial charge < -0.3 is 15.3 Å². The molecule has 1 amide bonds. The molecule has 0 aromatic carbocycles. The van der Waals surface area contributed by atoms with E-state index in [1.807, 2.05) is 30.1 Å². The summed E-state index contributed by atoms with van der Waals surface area (Å²) in [6.07, 6.45) is 11.4. The van der Waals surface area contributed by atoms with E-state index in [4.69, 9.17) is 5.11 Å². The second-order valence-electron chi connectivity index (χ2n) is 7.91. The SMILES string of the molecule is C=CC=C(C=C)C(C)Nc1ncnc2sc3c(c12)CCN(C(=O)C=CCN(CC)CCO)C3. The lowest BCUT2D eigenvalue weighted by Gasteiger charge is -2.26. The van der Waals surface area contributed by atoms with E-state index in [1.54, 1.807) is 29.8 Å². The van der Waals surface area contributed by atoms with E-state index in [0.717, 1.165) is 39.5 Å². The molecule has 1 unspecified atom stereocenters. The van der Waals surface area contributed by atoms with Gasteiger partial charge in [-0.2, -0.15) is 0 Å². The van der Waals surface area contributed by atoms with Crippen molar-refractivity contribution < 1.29 is 9.90 Å². The molecule has 8 heteroatoms. The third-order valence-electron chi connectivity index (χ3n) is 5.84. The maximum Gasteiger partial charge on any atom is 0.246 e. The van der Waals surface area contributed by atoms with Crippen LogP contribution in [0.3, 0.4) is 0 Å². The van der Waals surface area contributed by atoms with E-state index >= 15 is 0 Å². The number of carbonyl (C=O) groups excluding carboxylic acids is 1. The first-order chi connectivity index (χ1) is 16.0. The normalized spacial score (nSPS) is 15.2. The van der Waals surface area contributed by atoms with Crippen LogP contribution in [0.1, 0.15) is 24.3 Å². The number of aliphatic hydroxyl groups excluding tert-OH is 1. The van der Waals surface area contributed by atoms with Crippen molar-refractivity contribution in [2.45, 2.75) is 32.9 Å². The zero-order valence-corrected chi connectivity index (χ0v) is 20.3. The van der Waals surface area contributed by atoms with Gasteiger partial charge in [0, 0.05) is 36.6 Å². The summed E-state index contributed by atoms with van der Waals surface area (Å²) in [5.41, 5.74) is 2.26. The molecule has 1 atom stereocenters. The maximum absolute atomic E-state index is 12.7. The molecule has 33 heavy (non-hydrogen) atoms. The van der Waals surface area contributed by atoms with E-state index in [9.17, 15) is 4.79 Å². The maximum atomic E-state index is 12.7. The highest BCUT2D eigenvalue weighted by Crippen LogP contribution is 2.37. The van der Waals surface area contributed by atoms with Crippen LogP contribution in [0, 0.1) is 0 Å². The van der Waals surface area contributed by atoms with Crippen LogP contribution >= 0.6 is 11.3 Å². The summed E-state index contributed by atoms with van der Waals surface area (Å²) in [6, 6.07) is 0.0227. The molecule has 0 saturated heterocycles. The molecule has 1 aliphatic heterocycles. The van der Waals surface area contributed by atoms with Crippen LogP contribution in [0.2, 0.25) is 0 Å². The lowest BCUT2D eigenvalue weighted by Crippen LogP contribution is -2.34. The Morgan fingerprint density at radius 1 is 1.42 bits per heavy atom. The Morgan fingerprint density at radius 2 is 2.24 bits per heavy atom. The van der Waals surface area contributed by atoms with Gasteiger partial charge in [-0.3, -0.25) is 9.69 Å². The minimum absolute atomic E-state index is 0.0152. The number of hydrogen-bond acceptors (Lipinski definition) is 7. The van der Waals surface area contributed by atoms with Crippen molar-refractivity contribution in [1.29, 1.82) is 0 Å². The van der Waals surface area contributed by atoms with Gasteiger partial charge in [0.25, 0.3) is 0 Å². The molecule has 2 aromatic rings. The van der Waals surface area contributed by atoms with Crippen molar-refractivity contribution in [3.05, 3.63) is 65.9 Å². The second-order valence-corrected chi connectivity index (χ2v) is 8.99. The minimum Gasteiger partial charge on any atom is -0.395 e. The summed E-state index contributed by atoms with van der Waals surface area (Å²) < 4.78 is 0. The molecule has 0 fully saturated rings. The molecular formula is C25H33N5O2S. The van der Waals surface area contributed by atoms with Gasteiger partial charge in [0.2, 0.25) is 5.91 Å². The molecule has 0 spiro atoms. The van der Waals surface area contributed by atoms with Crippen molar-refractivity contribution in [3.8, 4) is 0 Å². The van der Waals surface area contributed by atoms with Crippen LogP contribution in [0.4, 0.5) is 5.82 Å². The topological polar surface area (TPSA) is 81.6 Å². The van der Waals surface area contributed by atoms with Crippen LogP contribution in [-0.2, 0) is 17.8 Å². The summed E-state index contributed by atoms with van der Waals surface area (Å²) in [5.74, 6) is 0.825. The lowest BCUT2D eigenvalue weighted by atomic mass is 10.0. The molecule has 0 radical (unpaired) electrons. The fraction of sp³-hybridized carbons (Fsp3) is 0.400. The number of likely N-dealkylation sites (N-methyl/N-ethyl adjacent to an activating group) is 1. The average Bonchev–Trinajstić information content (AvgIpc) is 3.20. The van der Waals surface area contributed by atoms with Crippen molar-refractivity contribution in [1.82, 2.24) is 19.8 Å². The summed E-state index contributed by atoms with van der Waals surface area (Å²) in [5, 5.41) is 13.7.